The van der Waals surface area contributed by atoms with Crippen LogP contribution in [0.2, 0.25) is 0 Å². The first-order valence-corrected chi connectivity index (χ1v) is 22.2. The Labute approximate surface area is 378 Å². The van der Waals surface area contributed by atoms with Gasteiger partial charge in [-0.3, -0.25) is 33.8 Å². The summed E-state index contributed by atoms with van der Waals surface area (Å²) in [6.45, 7) is 4.47. The second kappa shape index (κ2) is 20.3. The summed E-state index contributed by atoms with van der Waals surface area (Å²) >= 11 is 0. The lowest BCUT2D eigenvalue weighted by Gasteiger charge is -2.47. The van der Waals surface area contributed by atoms with Gasteiger partial charge in [-0.15, -0.1) is 0 Å². The second-order valence-corrected chi connectivity index (χ2v) is 17.0. The van der Waals surface area contributed by atoms with Crippen LogP contribution in [-0.4, -0.2) is 146 Å². The largest absolute Gasteiger partial charge is 0.496 e. The predicted octanol–water partition coefficient (Wildman–Crippen LogP) is 2.90. The van der Waals surface area contributed by atoms with Gasteiger partial charge in [-0.05, 0) is 73.9 Å². The number of ether oxygens (including phenoxy) is 4. The van der Waals surface area contributed by atoms with E-state index in [4.69, 9.17) is 18.9 Å². The van der Waals surface area contributed by atoms with Gasteiger partial charge in [0.05, 0.1) is 56.3 Å². The summed E-state index contributed by atoms with van der Waals surface area (Å²) in [6.07, 6.45) is 5.93. The van der Waals surface area contributed by atoms with Crippen molar-refractivity contribution in [3.05, 3.63) is 74.7 Å². The number of aldehydes is 1. The minimum absolute atomic E-state index is 0.00916. The molecule has 0 aliphatic carbocycles. The molecule has 18 nitrogen and oxygen atoms in total. The van der Waals surface area contributed by atoms with Crippen molar-refractivity contribution in [2.75, 3.05) is 74.3 Å². The minimum Gasteiger partial charge on any atom is -0.496 e. The molecule has 1 atom stereocenters. The van der Waals surface area contributed by atoms with Gasteiger partial charge >= 0.3 is 6.03 Å². The maximum atomic E-state index is 13.5. The molecule has 1 spiro atoms. The number of morpholine rings is 1. The average Bonchev–Trinajstić information content (AvgIpc) is 3.58. The molecule has 2 N–H and O–H groups in total. The highest BCUT2D eigenvalue weighted by Crippen LogP contribution is 2.40. The quantitative estimate of drug-likeness (QED) is 0.121. The van der Waals surface area contributed by atoms with E-state index in [0.717, 1.165) is 53.1 Å². The number of fused-ring (bicyclic) bond motifs is 2. The van der Waals surface area contributed by atoms with E-state index in [1.54, 1.807) is 49.9 Å². The number of likely N-dealkylation sites (tertiary alicyclic amines) is 1. The number of urea groups is 1. The summed E-state index contributed by atoms with van der Waals surface area (Å²) in [5, 5.41) is 5.13. The molecule has 0 radical (unpaired) electrons. The van der Waals surface area contributed by atoms with Gasteiger partial charge in [0.15, 0.2) is 0 Å². The Bertz CT molecular complexity index is 2370. The molecule has 65 heavy (non-hydrogen) atoms. The molecule has 2 saturated heterocycles. The van der Waals surface area contributed by atoms with Crippen LogP contribution in [0.5, 0.6) is 17.2 Å². The summed E-state index contributed by atoms with van der Waals surface area (Å²) in [5.41, 5.74) is 3.83. The number of aryl methyl sites for hydroxylation is 1. The Morgan fingerprint density at radius 3 is 2.31 bits per heavy atom. The summed E-state index contributed by atoms with van der Waals surface area (Å²) in [7, 11) is 7.98. The van der Waals surface area contributed by atoms with E-state index in [1.807, 2.05) is 23.2 Å². The number of rotatable bonds is 16. The van der Waals surface area contributed by atoms with E-state index in [0.29, 0.717) is 81.8 Å². The SMILES string of the molecule is CNC(=O)C(CCC=O)N1C(=O)c2cccc(OCCCCC(=O)N3CCOC4(CCN(Cc5c(OC)cc(-c6cn(C)c(=O)c7c6CCN(C(=O)NC)C7)cc5OC)CC4)C3)c2C1=O. The molecule has 4 aliphatic heterocycles. The van der Waals surface area contributed by atoms with Gasteiger partial charge in [0.2, 0.25) is 11.8 Å². The number of likely N-dealkylation sites (N-methyl/N-ethyl adjacent to an activating group) is 1. The number of benzene rings is 2. The highest BCUT2D eigenvalue weighted by molar-refractivity contribution is 6.24. The fraction of sp³-hybridized carbons (Fsp3) is 0.511. The van der Waals surface area contributed by atoms with E-state index in [-0.39, 0.29) is 60.4 Å². The van der Waals surface area contributed by atoms with Gasteiger partial charge in [0.25, 0.3) is 17.4 Å². The molecule has 0 saturated carbocycles. The molecule has 1 aromatic heterocycles. The highest BCUT2D eigenvalue weighted by atomic mass is 16.5. The van der Waals surface area contributed by atoms with E-state index in [9.17, 15) is 33.6 Å². The number of nitrogens with one attached hydrogen (secondary N) is 2. The number of pyridine rings is 1. The highest BCUT2D eigenvalue weighted by Gasteiger charge is 2.45. The first kappa shape index (κ1) is 46.7. The predicted molar refractivity (Wildman–Crippen MR) is 238 cm³/mol. The summed E-state index contributed by atoms with van der Waals surface area (Å²) in [4.78, 5) is 96.3. The zero-order valence-corrected chi connectivity index (χ0v) is 37.9. The Kier molecular flexibility index (Phi) is 14.6. The van der Waals surface area contributed by atoms with Crippen molar-refractivity contribution in [1.82, 2.24) is 34.8 Å². The van der Waals surface area contributed by atoms with E-state index < -0.39 is 29.4 Å². The second-order valence-electron chi connectivity index (χ2n) is 17.0. The summed E-state index contributed by atoms with van der Waals surface area (Å²) in [5.74, 6) is -0.186. The third-order valence-electron chi connectivity index (χ3n) is 13.1. The number of carbonyl (C=O) groups excluding carboxylic acids is 6. The monoisotopic (exact) mass is 897 g/mol. The van der Waals surface area contributed by atoms with Crippen LogP contribution in [0.3, 0.4) is 0 Å². The van der Waals surface area contributed by atoms with Gasteiger partial charge in [-0.1, -0.05) is 6.07 Å². The van der Waals surface area contributed by atoms with Crippen LogP contribution < -0.4 is 30.4 Å². The van der Waals surface area contributed by atoms with Gasteiger partial charge in [-0.25, -0.2) is 4.79 Å². The topological polar surface area (TPSA) is 198 Å². The zero-order valence-electron chi connectivity index (χ0n) is 37.9. The van der Waals surface area contributed by atoms with Crippen LogP contribution in [0.25, 0.3) is 11.1 Å². The minimum atomic E-state index is -1.12. The molecule has 7 rings (SSSR count). The van der Waals surface area contributed by atoms with Crippen molar-refractivity contribution in [3.8, 4) is 28.4 Å². The van der Waals surface area contributed by atoms with Crippen molar-refractivity contribution in [1.29, 1.82) is 0 Å². The lowest BCUT2D eigenvalue weighted by molar-refractivity contribution is -0.159. The number of aromatic nitrogens is 1. The Morgan fingerprint density at radius 2 is 1.63 bits per heavy atom. The molecular formula is C47H59N7O11. The van der Waals surface area contributed by atoms with Crippen molar-refractivity contribution >= 4 is 35.9 Å². The van der Waals surface area contributed by atoms with Crippen molar-refractivity contribution in [2.45, 2.75) is 76.1 Å². The normalized spacial score (nSPS) is 17.3. The number of piperidine rings is 1. The molecule has 2 aromatic carbocycles. The van der Waals surface area contributed by atoms with Crippen LogP contribution in [0, 0.1) is 0 Å². The number of imide groups is 1. The number of hydrogen-bond acceptors (Lipinski definition) is 12. The van der Waals surface area contributed by atoms with Gasteiger partial charge in [0.1, 0.15) is 29.6 Å². The molecule has 0 bridgehead atoms. The number of carbonyl (C=O) groups is 6. The average molecular weight is 898 g/mol. The Hall–Kier alpha value is -6.27. The number of unbranched alkanes of at least 4 members (excludes halogenated alkanes) is 1. The van der Waals surface area contributed by atoms with Gasteiger partial charge in [0, 0.05) is 90.6 Å². The molecule has 4 aliphatic rings. The lowest BCUT2D eigenvalue weighted by atomic mass is 9.88. The van der Waals surface area contributed by atoms with E-state index in [2.05, 4.69) is 15.5 Å². The lowest BCUT2D eigenvalue weighted by Crippen LogP contribution is -2.57. The van der Waals surface area contributed by atoms with Crippen molar-refractivity contribution in [2.24, 2.45) is 7.05 Å². The van der Waals surface area contributed by atoms with E-state index in [1.165, 1.54) is 13.1 Å². The van der Waals surface area contributed by atoms with Gasteiger partial charge < -0.3 is 48.7 Å². The third kappa shape index (κ3) is 9.59. The number of hydrogen-bond donors (Lipinski definition) is 2. The summed E-state index contributed by atoms with van der Waals surface area (Å²) in [6, 6.07) is 7.38. The van der Waals surface area contributed by atoms with Gasteiger partial charge in [-0.2, -0.15) is 0 Å². The van der Waals surface area contributed by atoms with E-state index >= 15 is 0 Å². The number of nitrogens with zero attached hydrogens (tertiary/aromatic N) is 5. The molecule has 5 heterocycles. The number of methoxy groups -OCH3 is 2. The van der Waals surface area contributed by atoms with Crippen molar-refractivity contribution in [3.63, 3.8) is 0 Å². The maximum absolute atomic E-state index is 13.5. The zero-order chi connectivity index (χ0) is 46.4. The summed E-state index contributed by atoms with van der Waals surface area (Å²) < 4.78 is 25.9. The first-order valence-electron chi connectivity index (χ1n) is 22.2. The van der Waals surface area contributed by atoms with Crippen LogP contribution in [0.4, 0.5) is 4.79 Å². The molecule has 18 heteroatoms. The molecule has 348 valence electrons. The molecule has 1 unspecified atom stereocenters. The molecule has 2 fully saturated rings. The van der Waals surface area contributed by atoms with Crippen LogP contribution >= 0.6 is 0 Å². The molecule has 6 amide bonds. The smallest absolute Gasteiger partial charge is 0.317 e. The third-order valence-corrected chi connectivity index (χ3v) is 13.1. The molecular weight excluding hydrogens is 839 g/mol. The Balaban J connectivity index is 0.923. The fourth-order valence-electron chi connectivity index (χ4n) is 9.54. The number of amides is 6. The Morgan fingerprint density at radius 1 is 0.892 bits per heavy atom. The first-order chi connectivity index (χ1) is 31.4. The molecule has 3 aromatic rings. The van der Waals surface area contributed by atoms with Crippen LogP contribution in [0.1, 0.15) is 82.4 Å². The fourth-order valence-corrected chi connectivity index (χ4v) is 9.54. The van der Waals surface area contributed by atoms with Crippen molar-refractivity contribution < 1.29 is 47.7 Å². The van der Waals surface area contributed by atoms with Crippen LogP contribution in [0.15, 0.2) is 41.3 Å². The maximum Gasteiger partial charge on any atom is 0.317 e. The standard InChI is InChI=1S/C47H59N7O11/c1-48-42(57)36(11-9-21-55)54-44(59)32-10-8-12-37(41(32)45(54)60)64-22-7-6-13-40(56)53-20-23-65-47(29-53)15-18-51(19-16-47)27-35-38(62-4)24-30(25-39(35)63-5)33-26-50(3)43(58)34-28-52(46(61)49-2)17-14-31(33)34/h8,10,12,21,24-26,36H,6-7,9,11,13-20,22-23,27-29H2,1-5H3,(H,48,57)(H,49,61). The van der Waals surface area contributed by atoms with Crippen LogP contribution in [-0.2, 0) is 45.7 Å².